The molecule has 5 nitrogen and oxygen atoms in total. The van der Waals surface area contributed by atoms with Crippen LogP contribution in [0.1, 0.15) is 17.4 Å². The summed E-state index contributed by atoms with van der Waals surface area (Å²) in [7, 11) is 0. The summed E-state index contributed by atoms with van der Waals surface area (Å²) in [6, 6.07) is 9.49. The summed E-state index contributed by atoms with van der Waals surface area (Å²) in [5, 5.41) is 9.84. The molecule has 3 aromatic rings. The van der Waals surface area contributed by atoms with Crippen LogP contribution in [0.3, 0.4) is 0 Å². The fourth-order valence-corrected chi connectivity index (χ4v) is 3.69. The van der Waals surface area contributed by atoms with Crippen LogP contribution in [0.15, 0.2) is 40.8 Å². The molecule has 0 fully saturated rings. The molecule has 1 aromatic carbocycles. The zero-order valence-corrected chi connectivity index (χ0v) is 14.4. The van der Waals surface area contributed by atoms with Crippen LogP contribution in [0, 0.1) is 6.92 Å². The Kier molecular flexibility index (Phi) is 4.68. The minimum absolute atomic E-state index is 0.199. The molecule has 7 heteroatoms. The maximum Gasteiger partial charge on any atom is 0.262 e. The second kappa shape index (κ2) is 6.89. The van der Waals surface area contributed by atoms with Gasteiger partial charge in [0.1, 0.15) is 6.04 Å². The average molecular weight is 344 g/mol. The molecule has 3 rings (SSSR count). The third-order valence-corrected chi connectivity index (χ3v) is 5.21. The van der Waals surface area contributed by atoms with Gasteiger partial charge in [-0.3, -0.25) is 4.79 Å². The second-order valence-electron chi connectivity index (χ2n) is 5.05. The normalized spacial score (nSPS) is 12.6. The molecule has 0 bridgehead atoms. The maximum atomic E-state index is 12.1. The lowest BCUT2D eigenvalue weighted by Gasteiger charge is -2.10. The van der Waals surface area contributed by atoms with Crippen LogP contribution >= 0.6 is 22.7 Å². The van der Waals surface area contributed by atoms with E-state index in [9.17, 15) is 4.79 Å². The molecular weight excluding hydrogens is 328 g/mol. The number of thiazole rings is 1. The van der Waals surface area contributed by atoms with E-state index in [0.717, 1.165) is 25.8 Å². The van der Waals surface area contributed by atoms with Gasteiger partial charge in [0, 0.05) is 4.88 Å². The highest BCUT2D eigenvalue weighted by Gasteiger charge is 2.14. The molecule has 0 aliphatic carbocycles. The Bertz CT molecular complexity index is 820. The highest BCUT2D eigenvalue weighted by molar-refractivity contribution is 7.22. The van der Waals surface area contributed by atoms with E-state index in [1.54, 1.807) is 24.5 Å². The number of para-hydroxylation sites is 1. The molecule has 118 valence electrons. The first kappa shape index (κ1) is 15.6. The summed E-state index contributed by atoms with van der Waals surface area (Å²) in [5.74, 6) is -0.199. The summed E-state index contributed by atoms with van der Waals surface area (Å²) in [5.41, 5.74) is 4.63. The fourth-order valence-electron chi connectivity index (χ4n) is 1.95. The van der Waals surface area contributed by atoms with Gasteiger partial charge >= 0.3 is 0 Å². The van der Waals surface area contributed by atoms with Crippen molar-refractivity contribution in [2.24, 2.45) is 5.10 Å². The number of nitrogens with one attached hydrogen (secondary N) is 2. The number of anilines is 1. The SMILES string of the molecule is Cc1ccsc1/C=N\NC(=O)[C@H](C)Nc1nc2ccccc2s1. The Morgan fingerprint density at radius 3 is 2.91 bits per heavy atom. The van der Waals surface area contributed by atoms with Crippen LogP contribution < -0.4 is 10.7 Å². The number of fused-ring (bicyclic) bond motifs is 1. The number of nitrogens with zero attached hydrogens (tertiary/aromatic N) is 2. The number of hydrogen-bond acceptors (Lipinski definition) is 6. The van der Waals surface area contributed by atoms with Crippen molar-refractivity contribution < 1.29 is 4.79 Å². The first-order chi connectivity index (χ1) is 11.1. The Morgan fingerprint density at radius 2 is 2.17 bits per heavy atom. The monoisotopic (exact) mass is 344 g/mol. The standard InChI is InChI=1S/C16H16N4OS2/c1-10-7-8-22-14(10)9-17-20-15(21)11(2)18-16-19-12-5-3-4-6-13(12)23-16/h3-9,11H,1-2H3,(H,18,19)(H,20,21)/b17-9-/t11-/m0/s1. The van der Waals surface area contributed by atoms with Gasteiger partial charge in [-0.05, 0) is 43.0 Å². The van der Waals surface area contributed by atoms with E-state index in [0.29, 0.717) is 0 Å². The van der Waals surface area contributed by atoms with Gasteiger partial charge < -0.3 is 5.32 Å². The van der Waals surface area contributed by atoms with Crippen molar-refractivity contribution in [2.45, 2.75) is 19.9 Å². The lowest BCUT2D eigenvalue weighted by molar-refractivity contribution is -0.121. The van der Waals surface area contributed by atoms with E-state index in [-0.39, 0.29) is 5.91 Å². The number of hydrazone groups is 1. The summed E-state index contributed by atoms with van der Waals surface area (Å²) in [4.78, 5) is 17.6. The molecular formula is C16H16N4OS2. The van der Waals surface area contributed by atoms with E-state index in [4.69, 9.17) is 0 Å². The van der Waals surface area contributed by atoms with E-state index in [2.05, 4.69) is 20.8 Å². The molecule has 0 unspecified atom stereocenters. The van der Waals surface area contributed by atoms with Gasteiger partial charge in [-0.15, -0.1) is 11.3 Å². The lowest BCUT2D eigenvalue weighted by atomic mass is 10.3. The topological polar surface area (TPSA) is 66.4 Å². The third kappa shape index (κ3) is 3.75. The molecule has 0 aliphatic rings. The molecule has 1 atom stereocenters. The van der Waals surface area contributed by atoms with Gasteiger partial charge in [0.2, 0.25) is 0 Å². The van der Waals surface area contributed by atoms with Crippen molar-refractivity contribution in [2.75, 3.05) is 5.32 Å². The predicted molar refractivity (Wildman–Crippen MR) is 97.5 cm³/mol. The zero-order valence-electron chi connectivity index (χ0n) is 12.7. The van der Waals surface area contributed by atoms with Crippen molar-refractivity contribution in [3.05, 3.63) is 46.2 Å². The van der Waals surface area contributed by atoms with Crippen LogP contribution in [-0.4, -0.2) is 23.1 Å². The second-order valence-corrected chi connectivity index (χ2v) is 7.03. The molecule has 23 heavy (non-hydrogen) atoms. The Hall–Kier alpha value is -2.25. The summed E-state index contributed by atoms with van der Waals surface area (Å²) in [6.45, 7) is 3.80. The van der Waals surface area contributed by atoms with Crippen molar-refractivity contribution in [1.82, 2.24) is 10.4 Å². The largest absolute Gasteiger partial charge is 0.350 e. The van der Waals surface area contributed by atoms with Gasteiger partial charge in [-0.25, -0.2) is 10.4 Å². The number of aryl methyl sites for hydroxylation is 1. The number of thiophene rings is 1. The van der Waals surface area contributed by atoms with Gasteiger partial charge in [0.25, 0.3) is 5.91 Å². The molecule has 0 radical (unpaired) electrons. The number of hydrogen-bond donors (Lipinski definition) is 2. The first-order valence-corrected chi connectivity index (χ1v) is 8.82. The third-order valence-electron chi connectivity index (χ3n) is 3.29. The highest BCUT2D eigenvalue weighted by atomic mass is 32.1. The molecule has 0 saturated heterocycles. The van der Waals surface area contributed by atoms with Crippen LogP contribution in [0.5, 0.6) is 0 Å². The van der Waals surface area contributed by atoms with E-state index < -0.39 is 6.04 Å². The number of benzene rings is 1. The number of carbonyl (C=O) groups is 1. The number of carbonyl (C=O) groups excluding carboxylic acids is 1. The molecule has 2 N–H and O–H groups in total. The molecule has 1 amide bonds. The molecule has 2 heterocycles. The minimum Gasteiger partial charge on any atom is -0.350 e. The van der Waals surface area contributed by atoms with Gasteiger partial charge in [-0.1, -0.05) is 23.5 Å². The molecule has 0 saturated carbocycles. The summed E-state index contributed by atoms with van der Waals surface area (Å²) in [6.07, 6.45) is 1.67. The fraction of sp³-hybridized carbons (Fsp3) is 0.188. The van der Waals surface area contributed by atoms with Crippen LogP contribution in [0.4, 0.5) is 5.13 Å². The van der Waals surface area contributed by atoms with Crippen LogP contribution in [-0.2, 0) is 4.79 Å². The van der Waals surface area contributed by atoms with Gasteiger partial charge in [0.15, 0.2) is 5.13 Å². The van der Waals surface area contributed by atoms with Crippen molar-refractivity contribution in [1.29, 1.82) is 0 Å². The summed E-state index contributed by atoms with van der Waals surface area (Å²) >= 11 is 3.12. The highest BCUT2D eigenvalue weighted by Crippen LogP contribution is 2.25. The number of amides is 1. The Labute approximate surface area is 142 Å². The van der Waals surface area contributed by atoms with Crippen molar-refractivity contribution >= 4 is 50.1 Å². The lowest BCUT2D eigenvalue weighted by Crippen LogP contribution is -2.34. The quantitative estimate of drug-likeness (QED) is 0.549. The Balaban J connectivity index is 1.59. The molecule has 0 spiro atoms. The van der Waals surface area contributed by atoms with E-state index in [1.165, 1.54) is 11.3 Å². The Morgan fingerprint density at radius 1 is 1.35 bits per heavy atom. The van der Waals surface area contributed by atoms with E-state index >= 15 is 0 Å². The predicted octanol–water partition coefficient (Wildman–Crippen LogP) is 3.62. The van der Waals surface area contributed by atoms with Crippen molar-refractivity contribution in [3.63, 3.8) is 0 Å². The molecule has 0 aliphatic heterocycles. The average Bonchev–Trinajstić information content (AvgIpc) is 3.12. The smallest absolute Gasteiger partial charge is 0.262 e. The minimum atomic E-state index is -0.419. The number of aromatic nitrogens is 1. The summed E-state index contributed by atoms with van der Waals surface area (Å²) < 4.78 is 1.09. The zero-order chi connectivity index (χ0) is 16.2. The maximum absolute atomic E-state index is 12.1. The van der Waals surface area contributed by atoms with E-state index in [1.807, 2.05) is 42.6 Å². The molecule has 2 aromatic heterocycles. The van der Waals surface area contributed by atoms with Crippen LogP contribution in [0.2, 0.25) is 0 Å². The van der Waals surface area contributed by atoms with Gasteiger partial charge in [-0.2, -0.15) is 5.10 Å². The first-order valence-electron chi connectivity index (χ1n) is 7.12. The number of rotatable bonds is 5. The van der Waals surface area contributed by atoms with Crippen molar-refractivity contribution in [3.8, 4) is 0 Å². The van der Waals surface area contributed by atoms with Gasteiger partial charge in [0.05, 0.1) is 16.4 Å². The van der Waals surface area contributed by atoms with Crippen LogP contribution in [0.25, 0.3) is 10.2 Å².